The molecule has 7 heteroatoms. The Kier molecular flexibility index (Phi) is 6.06. The zero-order chi connectivity index (χ0) is 21.1. The minimum atomic E-state index is -0.518. The molecule has 1 aromatic carbocycles. The van der Waals surface area contributed by atoms with E-state index in [4.69, 9.17) is 4.74 Å². The molecule has 0 aliphatic heterocycles. The van der Waals surface area contributed by atoms with Gasteiger partial charge in [0.15, 0.2) is 6.61 Å². The summed E-state index contributed by atoms with van der Waals surface area (Å²) >= 11 is 0. The first-order valence-corrected chi connectivity index (χ1v) is 9.72. The fourth-order valence-corrected chi connectivity index (χ4v) is 3.33. The van der Waals surface area contributed by atoms with Gasteiger partial charge >= 0.3 is 5.97 Å². The number of nitrogens with one attached hydrogen (secondary N) is 1. The minimum absolute atomic E-state index is 0.125. The molecule has 1 N–H and O–H groups in total. The van der Waals surface area contributed by atoms with Gasteiger partial charge in [0.2, 0.25) is 5.91 Å². The van der Waals surface area contributed by atoms with Gasteiger partial charge in [-0.3, -0.25) is 9.59 Å². The summed E-state index contributed by atoms with van der Waals surface area (Å²) in [6, 6.07) is 9.66. The van der Waals surface area contributed by atoms with Gasteiger partial charge in [-0.05, 0) is 51.8 Å². The fraction of sp³-hybridized carbons (Fsp3) is 0.409. The maximum Gasteiger partial charge on any atom is 0.340 e. The predicted octanol–water partition coefficient (Wildman–Crippen LogP) is 3.00. The van der Waals surface area contributed by atoms with Gasteiger partial charge in [-0.15, -0.1) is 0 Å². The van der Waals surface area contributed by atoms with Crippen LogP contribution in [0.5, 0.6) is 0 Å². The quantitative estimate of drug-likeness (QED) is 0.729. The van der Waals surface area contributed by atoms with Crippen LogP contribution in [0.25, 0.3) is 0 Å². The van der Waals surface area contributed by atoms with Crippen LogP contribution in [0.4, 0.5) is 5.69 Å². The van der Waals surface area contributed by atoms with E-state index >= 15 is 0 Å². The molecule has 1 heterocycles. The normalized spacial score (nSPS) is 13.1. The minimum Gasteiger partial charge on any atom is -0.452 e. The Balaban J connectivity index is 1.49. The Labute approximate surface area is 170 Å². The monoisotopic (exact) mass is 397 g/mol. The summed E-state index contributed by atoms with van der Waals surface area (Å²) < 4.78 is 7.35. The third-order valence-corrected chi connectivity index (χ3v) is 5.08. The maximum absolute atomic E-state index is 12.4. The Bertz CT molecular complexity index is 926. The summed E-state index contributed by atoms with van der Waals surface area (Å²) in [6.45, 7) is 5.29. The topological polar surface area (TPSA) is 80.6 Å². The first kappa shape index (κ1) is 20.6. The van der Waals surface area contributed by atoms with Crippen molar-refractivity contribution in [2.75, 3.05) is 25.5 Å². The molecule has 2 aromatic rings. The van der Waals surface area contributed by atoms with Crippen molar-refractivity contribution in [3.8, 4) is 0 Å². The summed E-state index contributed by atoms with van der Waals surface area (Å²) in [5.74, 6) is -1.27. The second kappa shape index (κ2) is 8.51. The van der Waals surface area contributed by atoms with E-state index in [9.17, 15) is 14.4 Å². The van der Waals surface area contributed by atoms with Gasteiger partial charge in [-0.1, -0.05) is 17.7 Å². The molecule has 1 saturated carbocycles. The molecule has 3 rings (SSSR count). The van der Waals surface area contributed by atoms with E-state index < -0.39 is 18.5 Å². The second-order valence-electron chi connectivity index (χ2n) is 7.63. The Hall–Kier alpha value is -3.09. The largest absolute Gasteiger partial charge is 0.452 e. The van der Waals surface area contributed by atoms with E-state index in [-0.39, 0.29) is 12.5 Å². The number of hydrogen-bond donors (Lipinski definition) is 1. The lowest BCUT2D eigenvalue weighted by atomic mass is 10.2. The number of amides is 2. The molecule has 0 saturated heterocycles. The summed E-state index contributed by atoms with van der Waals surface area (Å²) in [6.07, 6.45) is 2.25. The van der Waals surface area contributed by atoms with Crippen LogP contribution < -0.4 is 5.32 Å². The molecular formula is C22H27N3O4. The van der Waals surface area contributed by atoms with Crippen molar-refractivity contribution in [2.45, 2.75) is 39.7 Å². The zero-order valence-corrected chi connectivity index (χ0v) is 17.3. The van der Waals surface area contributed by atoms with Crippen molar-refractivity contribution in [1.29, 1.82) is 0 Å². The van der Waals surface area contributed by atoms with Gasteiger partial charge in [0, 0.05) is 30.2 Å². The van der Waals surface area contributed by atoms with E-state index in [0.717, 1.165) is 29.8 Å². The molecule has 0 bridgehead atoms. The van der Waals surface area contributed by atoms with Gasteiger partial charge in [0.05, 0.1) is 12.1 Å². The van der Waals surface area contributed by atoms with Crippen molar-refractivity contribution in [3.63, 3.8) is 0 Å². The average molecular weight is 397 g/mol. The van der Waals surface area contributed by atoms with Gasteiger partial charge in [-0.2, -0.15) is 0 Å². The van der Waals surface area contributed by atoms with Crippen LogP contribution in [0.1, 0.15) is 46.2 Å². The molecule has 1 aromatic heterocycles. The molecule has 0 unspecified atom stereocenters. The number of benzene rings is 1. The number of nitrogens with zero attached hydrogens (tertiary/aromatic N) is 2. The van der Waals surface area contributed by atoms with Crippen LogP contribution in [0.3, 0.4) is 0 Å². The van der Waals surface area contributed by atoms with Crippen molar-refractivity contribution in [2.24, 2.45) is 0 Å². The Morgan fingerprint density at radius 2 is 1.79 bits per heavy atom. The molecule has 7 nitrogen and oxygen atoms in total. The van der Waals surface area contributed by atoms with E-state index in [1.165, 1.54) is 11.9 Å². The van der Waals surface area contributed by atoms with Crippen LogP contribution in [0.15, 0.2) is 30.3 Å². The molecule has 154 valence electrons. The lowest BCUT2D eigenvalue weighted by Gasteiger charge is -2.17. The number of hydrogen-bond acceptors (Lipinski definition) is 4. The van der Waals surface area contributed by atoms with E-state index in [1.54, 1.807) is 18.2 Å². The number of esters is 1. The highest BCUT2D eigenvalue weighted by Crippen LogP contribution is 2.38. The van der Waals surface area contributed by atoms with Crippen LogP contribution in [-0.2, 0) is 14.3 Å². The van der Waals surface area contributed by atoms with Crippen LogP contribution in [0.2, 0.25) is 0 Å². The van der Waals surface area contributed by atoms with E-state index in [0.29, 0.717) is 17.3 Å². The number of aryl methyl sites for hydroxylation is 2. The average Bonchev–Trinajstić information content (AvgIpc) is 3.45. The number of likely N-dealkylation sites (N-methyl/N-ethyl adjacent to an activating group) is 1. The summed E-state index contributed by atoms with van der Waals surface area (Å²) in [4.78, 5) is 38.0. The molecular weight excluding hydrogens is 370 g/mol. The van der Waals surface area contributed by atoms with Gasteiger partial charge < -0.3 is 19.5 Å². The number of carbonyl (C=O) groups is 3. The van der Waals surface area contributed by atoms with Crippen LogP contribution >= 0.6 is 0 Å². The SMILES string of the molecule is Cc1ccc(NC(=O)CN(C)C(=O)COC(=O)c2cc(C)n(C3CC3)c2C)cc1. The Morgan fingerprint density at radius 1 is 1.14 bits per heavy atom. The lowest BCUT2D eigenvalue weighted by molar-refractivity contribution is -0.136. The van der Waals surface area contributed by atoms with E-state index in [1.807, 2.05) is 32.9 Å². The zero-order valence-electron chi connectivity index (χ0n) is 17.3. The van der Waals surface area contributed by atoms with E-state index in [2.05, 4.69) is 9.88 Å². The summed E-state index contributed by atoms with van der Waals surface area (Å²) in [7, 11) is 1.50. The number of aromatic nitrogens is 1. The molecule has 0 spiro atoms. The standard InChI is InChI=1S/C22H27N3O4/c1-14-5-7-17(8-6-14)23-20(26)12-24(4)21(27)13-29-22(28)19-11-15(2)25(16(19)3)18-9-10-18/h5-8,11,18H,9-10,12-13H2,1-4H3,(H,23,26). The number of carbonyl (C=O) groups excluding carboxylic acids is 3. The highest BCUT2D eigenvalue weighted by Gasteiger charge is 2.29. The molecule has 0 atom stereocenters. The number of rotatable bonds is 7. The van der Waals surface area contributed by atoms with Crippen molar-refractivity contribution in [1.82, 2.24) is 9.47 Å². The first-order chi connectivity index (χ1) is 13.8. The predicted molar refractivity (Wildman–Crippen MR) is 110 cm³/mol. The van der Waals surface area contributed by atoms with Crippen LogP contribution in [-0.4, -0.2) is 47.4 Å². The first-order valence-electron chi connectivity index (χ1n) is 9.72. The van der Waals surface area contributed by atoms with Gasteiger partial charge in [0.25, 0.3) is 5.91 Å². The lowest BCUT2D eigenvalue weighted by Crippen LogP contribution is -2.37. The van der Waals surface area contributed by atoms with Crippen molar-refractivity contribution >= 4 is 23.5 Å². The Morgan fingerprint density at radius 3 is 2.41 bits per heavy atom. The van der Waals surface area contributed by atoms with Crippen LogP contribution in [0, 0.1) is 20.8 Å². The van der Waals surface area contributed by atoms with Gasteiger partial charge in [-0.25, -0.2) is 4.79 Å². The maximum atomic E-state index is 12.4. The third-order valence-electron chi connectivity index (χ3n) is 5.08. The molecule has 1 aliphatic carbocycles. The molecule has 1 aliphatic rings. The highest BCUT2D eigenvalue weighted by molar-refractivity contribution is 5.95. The number of ether oxygens (including phenoxy) is 1. The van der Waals surface area contributed by atoms with Crippen molar-refractivity contribution < 1.29 is 19.1 Å². The smallest absolute Gasteiger partial charge is 0.340 e. The molecule has 29 heavy (non-hydrogen) atoms. The second-order valence-corrected chi connectivity index (χ2v) is 7.63. The number of anilines is 1. The molecule has 0 radical (unpaired) electrons. The molecule has 1 fully saturated rings. The highest BCUT2D eigenvalue weighted by atomic mass is 16.5. The van der Waals surface area contributed by atoms with Gasteiger partial charge in [0.1, 0.15) is 0 Å². The summed E-state index contributed by atoms with van der Waals surface area (Å²) in [5, 5.41) is 2.74. The van der Waals surface area contributed by atoms with Crippen molar-refractivity contribution in [3.05, 3.63) is 52.8 Å². The fourth-order valence-electron chi connectivity index (χ4n) is 3.33. The third kappa shape index (κ3) is 5.04. The summed E-state index contributed by atoms with van der Waals surface area (Å²) in [5.41, 5.74) is 4.14. The molecule has 2 amide bonds.